The Kier molecular flexibility index (Phi) is 19.6. The molecule has 0 unspecified atom stereocenters. The monoisotopic (exact) mass is 1740 g/mol. The summed E-state index contributed by atoms with van der Waals surface area (Å²) in [5.74, 6) is 0. The summed E-state index contributed by atoms with van der Waals surface area (Å²) in [7, 11) is 0. The summed E-state index contributed by atoms with van der Waals surface area (Å²) in [5, 5.41) is 7.07. The van der Waals surface area contributed by atoms with E-state index in [0.29, 0.717) is 0 Å². The Bertz CT molecular complexity index is 7390. The molecule has 1 aliphatic carbocycles. The molecule has 0 fully saturated rings. The zero-order valence-electron chi connectivity index (χ0n) is 82.3. The van der Waals surface area contributed by atoms with Crippen LogP contribution in [0, 0.1) is 0 Å². The summed E-state index contributed by atoms with van der Waals surface area (Å²) in [5.41, 5.74) is 41.6. The Hall–Kier alpha value is -13.4. The van der Waals surface area contributed by atoms with Crippen LogP contribution in [0.4, 0.5) is 34.1 Å². The number of hydrogen-bond donors (Lipinski definition) is 0. The van der Waals surface area contributed by atoms with Crippen LogP contribution in [0.1, 0.15) is 210 Å². The molecule has 5 nitrogen and oxygen atoms in total. The van der Waals surface area contributed by atoms with Crippen molar-refractivity contribution in [2.45, 2.75) is 208 Å². The first-order chi connectivity index (χ1) is 63.7. The van der Waals surface area contributed by atoms with Gasteiger partial charge in [0, 0.05) is 94.3 Å². The van der Waals surface area contributed by atoms with Crippen molar-refractivity contribution in [3.05, 3.63) is 366 Å². The number of nitrogens with zero attached hydrogens (tertiary/aromatic N) is 4. The molecule has 5 heterocycles. The number of fused-ring (bicyclic) bond motifs is 14. The fourth-order valence-corrected chi connectivity index (χ4v) is 22.3. The van der Waals surface area contributed by atoms with E-state index in [1.807, 2.05) is 0 Å². The van der Waals surface area contributed by atoms with Crippen LogP contribution in [-0.2, 0) is 43.3 Å². The third-order valence-electron chi connectivity index (χ3n) is 30.3. The first-order valence-electron chi connectivity index (χ1n) is 48.7. The van der Waals surface area contributed by atoms with E-state index < -0.39 is 0 Å². The maximum Gasteiger partial charge on any atom is 0.252 e. The van der Waals surface area contributed by atoms with Crippen molar-refractivity contribution in [2.75, 3.05) is 9.80 Å². The number of anilines is 6. The van der Waals surface area contributed by atoms with Crippen LogP contribution < -0.4 is 26.2 Å². The molecule has 3 aliphatic rings. The number of hydrogen-bond acceptors (Lipinski definition) is 3. The largest absolute Gasteiger partial charge is 0.455 e. The first kappa shape index (κ1) is 86.0. The van der Waals surface area contributed by atoms with Crippen LogP contribution in [0.15, 0.2) is 326 Å². The van der Waals surface area contributed by atoms with Gasteiger partial charge in [-0.15, -0.1) is 0 Å². The molecular formula is C128H123BN4O. The molecule has 2 aliphatic heterocycles. The second-order valence-electron chi connectivity index (χ2n) is 46.4. The van der Waals surface area contributed by atoms with Crippen molar-refractivity contribution >= 4 is 123 Å². The van der Waals surface area contributed by atoms with Gasteiger partial charge in [-0.2, -0.15) is 0 Å². The fourth-order valence-electron chi connectivity index (χ4n) is 22.3. The number of para-hydroxylation sites is 1. The van der Waals surface area contributed by atoms with Crippen molar-refractivity contribution < 1.29 is 4.42 Å². The van der Waals surface area contributed by atoms with Crippen molar-refractivity contribution in [1.29, 1.82) is 0 Å². The van der Waals surface area contributed by atoms with Gasteiger partial charge in [0.2, 0.25) is 0 Å². The van der Waals surface area contributed by atoms with Crippen LogP contribution in [0.2, 0.25) is 0 Å². The summed E-state index contributed by atoms with van der Waals surface area (Å²) in [6.07, 6.45) is 2.21. The van der Waals surface area contributed by atoms with E-state index >= 15 is 0 Å². The third kappa shape index (κ3) is 14.2. The Balaban J connectivity index is 0.966. The van der Waals surface area contributed by atoms with Gasteiger partial charge in [-0.25, -0.2) is 0 Å². The molecule has 3 aromatic heterocycles. The lowest BCUT2D eigenvalue weighted by atomic mass is 9.33. The van der Waals surface area contributed by atoms with E-state index in [9.17, 15) is 0 Å². The minimum atomic E-state index is -0.367. The summed E-state index contributed by atoms with van der Waals surface area (Å²) in [4.78, 5) is 5.58. The van der Waals surface area contributed by atoms with Gasteiger partial charge in [0.15, 0.2) is 0 Å². The molecule has 664 valence electrons. The van der Waals surface area contributed by atoms with Gasteiger partial charge in [-0.3, -0.25) is 0 Å². The van der Waals surface area contributed by atoms with Crippen molar-refractivity contribution in [1.82, 2.24) is 9.13 Å². The molecule has 0 atom stereocenters. The maximum atomic E-state index is 7.40. The van der Waals surface area contributed by atoms with Crippen LogP contribution in [0.3, 0.4) is 0 Å². The zero-order chi connectivity index (χ0) is 93.3. The van der Waals surface area contributed by atoms with E-state index in [2.05, 4.69) is 493 Å². The van der Waals surface area contributed by atoms with Crippen molar-refractivity contribution in [3.63, 3.8) is 0 Å². The summed E-state index contributed by atoms with van der Waals surface area (Å²) in [6.45, 7) is 52.0. The molecule has 16 aromatic carbocycles. The predicted octanol–water partition coefficient (Wildman–Crippen LogP) is 34.0. The van der Waals surface area contributed by atoms with E-state index in [0.717, 1.165) is 147 Å². The molecule has 19 aromatic rings. The van der Waals surface area contributed by atoms with Crippen molar-refractivity contribution in [3.8, 4) is 78.1 Å². The average Bonchev–Trinajstić information content (AvgIpc) is 0.791. The lowest BCUT2D eigenvalue weighted by Crippen LogP contribution is -2.61. The summed E-state index contributed by atoms with van der Waals surface area (Å²) in [6, 6.07) is 126. The maximum absolute atomic E-state index is 7.40. The van der Waals surface area contributed by atoms with Gasteiger partial charge in [-0.05, 0) is 259 Å². The van der Waals surface area contributed by atoms with Gasteiger partial charge in [0.05, 0.1) is 33.4 Å². The van der Waals surface area contributed by atoms with Gasteiger partial charge in [-0.1, -0.05) is 371 Å². The second-order valence-corrected chi connectivity index (χ2v) is 46.4. The highest BCUT2D eigenvalue weighted by molar-refractivity contribution is 7.00. The molecular weight excluding hydrogens is 1620 g/mol. The Labute approximate surface area is 793 Å². The Morgan fingerprint density at radius 1 is 0.254 bits per heavy atom. The molecule has 0 saturated carbocycles. The molecule has 0 radical (unpaired) electrons. The minimum absolute atomic E-state index is 0.00446. The number of benzene rings is 16. The van der Waals surface area contributed by atoms with E-state index in [1.165, 1.54) is 105 Å². The number of furan rings is 1. The second kappa shape index (κ2) is 30.6. The van der Waals surface area contributed by atoms with Crippen LogP contribution >= 0.6 is 0 Å². The SMILES string of the molecule is CC(C)(C)c1cc(-c2ccccc2)c(N2c3cc(-n4c5cc(C(C)(C)C)ccc5c5ccc(C(C)(C)C)cc54)ccc3B3c4ccc(-n5c6cc(C(C)(C)C)ccc6c6ccc(C(C)(C)C)cc65)cc4N(c4c(-c5ccccc5)cc(C(C)(C)C)cc4-c4ccccc4)c4cc(-c5cc(-c6ccc7c(c6)C(C)(C)CCC7(C)C)c6oc7ccccc7c6c5)cc2c43)c(-c2ccccc2)c1. The smallest absolute Gasteiger partial charge is 0.252 e. The molecule has 0 saturated heterocycles. The highest BCUT2D eigenvalue weighted by Gasteiger charge is 2.48. The van der Waals surface area contributed by atoms with E-state index in [4.69, 9.17) is 4.42 Å². The molecule has 134 heavy (non-hydrogen) atoms. The highest BCUT2D eigenvalue weighted by Crippen LogP contribution is 2.58. The Morgan fingerprint density at radius 2 is 0.597 bits per heavy atom. The van der Waals surface area contributed by atoms with Gasteiger partial charge < -0.3 is 23.4 Å². The van der Waals surface area contributed by atoms with Gasteiger partial charge >= 0.3 is 0 Å². The predicted molar refractivity (Wildman–Crippen MR) is 577 cm³/mol. The molecule has 0 bridgehead atoms. The lowest BCUT2D eigenvalue weighted by molar-refractivity contribution is 0.332. The molecule has 6 heteroatoms. The minimum Gasteiger partial charge on any atom is -0.455 e. The number of rotatable bonds is 10. The lowest BCUT2D eigenvalue weighted by Gasteiger charge is -2.46. The number of aromatic nitrogens is 2. The topological polar surface area (TPSA) is 29.5 Å². The highest BCUT2D eigenvalue weighted by atomic mass is 16.3. The quantitative estimate of drug-likeness (QED) is 0.128. The first-order valence-corrected chi connectivity index (χ1v) is 48.7. The molecule has 0 spiro atoms. The van der Waals surface area contributed by atoms with Crippen LogP contribution in [0.5, 0.6) is 0 Å². The Morgan fingerprint density at radius 3 is 0.963 bits per heavy atom. The summed E-state index contributed by atoms with van der Waals surface area (Å²) < 4.78 is 12.7. The fraction of sp³-hybridized carbons (Fsp3) is 0.250. The van der Waals surface area contributed by atoms with Crippen molar-refractivity contribution in [2.24, 2.45) is 0 Å². The molecule has 0 amide bonds. The third-order valence-corrected chi connectivity index (χ3v) is 30.3. The van der Waals surface area contributed by atoms with Crippen LogP contribution in [-0.4, -0.2) is 15.8 Å². The molecule has 0 N–H and O–H groups in total. The summed E-state index contributed by atoms with van der Waals surface area (Å²) >= 11 is 0. The molecule has 22 rings (SSSR count). The van der Waals surface area contributed by atoms with E-state index in [1.54, 1.807) is 0 Å². The van der Waals surface area contributed by atoms with Gasteiger partial charge in [0.25, 0.3) is 6.71 Å². The average molecular weight is 1740 g/mol. The standard InChI is InChI=1S/C128H123BN4O/c1-121(2,3)85-48-54-93-94-55-49-86(122(4,5)6)73-109(94)130(108(93)72-85)91-52-59-106-112(76-91)132(118-98(78-37-27-23-28-38-78)68-89(125(13,14)15)69-99(118)79-39-29-24-30-40-79)114-66-84(83-63-102(120-103(64-83)97-45-35-36-46-116(97)134-120)82-47-58-104-105(65-82)128(21,22)62-61-127(104,19)20)67-115-117(114)129(106)107-60-53-92(131-110-74-87(123(7,8)9)50-56-95(110)96-57-51-88(75-111(96)131)124(10,11)12)77-113(107)133(115)119-100(80-41-31-25-32-42-80)70-90(126(16,17)18)71-101(119)81-43-33-26-34-44-81/h23-60,63-77H,61-62H2,1-22H3. The zero-order valence-corrected chi connectivity index (χ0v) is 82.3. The van der Waals surface area contributed by atoms with E-state index in [-0.39, 0.29) is 50.0 Å². The van der Waals surface area contributed by atoms with Gasteiger partial charge in [0.1, 0.15) is 11.2 Å². The normalized spacial score (nSPS) is 14.5. The van der Waals surface area contributed by atoms with Crippen LogP contribution in [0.25, 0.3) is 144 Å².